The van der Waals surface area contributed by atoms with Gasteiger partial charge in [0.2, 0.25) is 0 Å². The minimum absolute atomic E-state index is 0.282. The van der Waals surface area contributed by atoms with Crippen LogP contribution in [0.3, 0.4) is 0 Å². The Labute approximate surface area is 78.8 Å². The van der Waals surface area contributed by atoms with Gasteiger partial charge in [0.15, 0.2) is 0 Å². The van der Waals surface area contributed by atoms with Gasteiger partial charge in [0.25, 0.3) is 0 Å². The van der Waals surface area contributed by atoms with Crippen molar-refractivity contribution < 1.29 is 5.11 Å². The lowest BCUT2D eigenvalue weighted by atomic mass is 10.1. The summed E-state index contributed by atoms with van der Waals surface area (Å²) in [4.78, 5) is 1.97. The Morgan fingerprint density at radius 3 is 2.62 bits per heavy atom. The van der Waals surface area contributed by atoms with Crippen molar-refractivity contribution in [2.24, 2.45) is 0 Å². The fraction of sp³-hybridized carbons (Fsp3) is 0.400. The summed E-state index contributed by atoms with van der Waals surface area (Å²) in [6.45, 7) is 4.71. The molecule has 0 unspecified atom stereocenters. The molecule has 0 bridgehead atoms. The van der Waals surface area contributed by atoms with E-state index in [0.29, 0.717) is 5.69 Å². The smallest absolute Gasteiger partial charge is 0.143 e. The second-order valence-electron chi connectivity index (χ2n) is 3.16. The van der Waals surface area contributed by atoms with Crippen LogP contribution in [0.25, 0.3) is 0 Å². The number of anilines is 2. The quantitative estimate of drug-likeness (QED) is 0.681. The van der Waals surface area contributed by atoms with E-state index >= 15 is 0 Å². The van der Waals surface area contributed by atoms with Crippen LogP contribution in [0.15, 0.2) is 12.1 Å². The third kappa shape index (κ3) is 1.69. The van der Waals surface area contributed by atoms with E-state index in [4.69, 9.17) is 5.73 Å². The molecule has 0 aliphatic carbocycles. The maximum Gasteiger partial charge on any atom is 0.143 e. The van der Waals surface area contributed by atoms with Gasteiger partial charge in [-0.2, -0.15) is 0 Å². The van der Waals surface area contributed by atoms with E-state index in [2.05, 4.69) is 0 Å². The van der Waals surface area contributed by atoms with Crippen molar-refractivity contribution >= 4 is 11.4 Å². The van der Waals surface area contributed by atoms with Crippen LogP contribution in [-0.4, -0.2) is 18.7 Å². The van der Waals surface area contributed by atoms with Crippen LogP contribution in [0.1, 0.15) is 12.5 Å². The highest BCUT2D eigenvalue weighted by atomic mass is 16.3. The summed E-state index contributed by atoms with van der Waals surface area (Å²) in [6.07, 6.45) is 0. The van der Waals surface area contributed by atoms with Gasteiger partial charge in [-0.05, 0) is 26.0 Å². The molecule has 0 saturated carbocycles. The lowest BCUT2D eigenvalue weighted by Crippen LogP contribution is -2.16. The number of aromatic hydroxyl groups is 1. The van der Waals surface area contributed by atoms with E-state index in [-0.39, 0.29) is 5.75 Å². The van der Waals surface area contributed by atoms with Gasteiger partial charge in [-0.3, -0.25) is 0 Å². The van der Waals surface area contributed by atoms with Crippen molar-refractivity contribution in [2.45, 2.75) is 13.8 Å². The number of benzene rings is 1. The molecule has 0 atom stereocenters. The Morgan fingerprint density at radius 1 is 1.46 bits per heavy atom. The first kappa shape index (κ1) is 9.71. The molecule has 1 aromatic rings. The van der Waals surface area contributed by atoms with E-state index in [9.17, 15) is 5.11 Å². The van der Waals surface area contributed by atoms with Gasteiger partial charge < -0.3 is 15.7 Å². The van der Waals surface area contributed by atoms with Crippen LogP contribution < -0.4 is 10.6 Å². The molecule has 0 radical (unpaired) electrons. The molecule has 0 aliphatic rings. The number of nitrogens with zero attached hydrogens (tertiary/aromatic N) is 1. The molecule has 3 nitrogen and oxygen atoms in total. The molecule has 0 fully saturated rings. The van der Waals surface area contributed by atoms with Crippen molar-refractivity contribution in [3.05, 3.63) is 17.7 Å². The van der Waals surface area contributed by atoms with Crippen LogP contribution in [0.4, 0.5) is 11.4 Å². The lowest BCUT2D eigenvalue weighted by Gasteiger charge is -2.19. The second-order valence-corrected chi connectivity index (χ2v) is 3.16. The van der Waals surface area contributed by atoms with Gasteiger partial charge in [0, 0.05) is 24.8 Å². The predicted octanol–water partition coefficient (Wildman–Crippen LogP) is 1.74. The zero-order valence-electron chi connectivity index (χ0n) is 8.33. The van der Waals surface area contributed by atoms with Gasteiger partial charge in [0.05, 0.1) is 5.69 Å². The van der Waals surface area contributed by atoms with Crippen LogP contribution in [0.5, 0.6) is 5.75 Å². The first-order valence-electron chi connectivity index (χ1n) is 4.37. The fourth-order valence-corrected chi connectivity index (χ4v) is 1.18. The van der Waals surface area contributed by atoms with E-state index < -0.39 is 0 Å². The highest BCUT2D eigenvalue weighted by Crippen LogP contribution is 2.32. The van der Waals surface area contributed by atoms with E-state index in [1.807, 2.05) is 37.9 Å². The minimum Gasteiger partial charge on any atom is -0.505 e. The highest BCUT2D eigenvalue weighted by Gasteiger charge is 2.09. The van der Waals surface area contributed by atoms with Gasteiger partial charge >= 0.3 is 0 Å². The van der Waals surface area contributed by atoms with Crippen molar-refractivity contribution in [2.75, 3.05) is 24.2 Å². The maximum atomic E-state index is 9.76. The molecule has 0 aromatic heterocycles. The van der Waals surface area contributed by atoms with Crippen molar-refractivity contribution in [3.8, 4) is 5.75 Å². The minimum atomic E-state index is 0.282. The van der Waals surface area contributed by atoms with E-state index in [0.717, 1.165) is 17.8 Å². The number of nitrogens with two attached hydrogens (primary N) is 1. The molecule has 0 saturated heterocycles. The third-order valence-electron chi connectivity index (χ3n) is 2.34. The van der Waals surface area contributed by atoms with Crippen LogP contribution in [0, 0.1) is 6.92 Å². The van der Waals surface area contributed by atoms with Crippen molar-refractivity contribution in [1.29, 1.82) is 0 Å². The highest BCUT2D eigenvalue weighted by molar-refractivity contribution is 5.68. The molecule has 3 N–H and O–H groups in total. The number of rotatable bonds is 2. The SMILES string of the molecule is CCN(C)c1ccc(N)c(C)c1O. The molecule has 3 heteroatoms. The summed E-state index contributed by atoms with van der Waals surface area (Å²) in [5, 5.41) is 9.76. The number of phenolic OH excluding ortho intramolecular Hbond substituents is 1. The summed E-state index contributed by atoms with van der Waals surface area (Å²) in [7, 11) is 1.94. The zero-order valence-corrected chi connectivity index (χ0v) is 8.33. The molecule has 1 aromatic carbocycles. The molecule has 0 aliphatic heterocycles. The van der Waals surface area contributed by atoms with Gasteiger partial charge in [-0.15, -0.1) is 0 Å². The molecule has 0 heterocycles. The Bertz CT molecular complexity index is 310. The number of nitrogen functional groups attached to an aromatic ring is 1. The molecule has 0 spiro atoms. The van der Waals surface area contributed by atoms with Gasteiger partial charge in [-0.1, -0.05) is 0 Å². The number of hydrogen-bond acceptors (Lipinski definition) is 3. The molecule has 72 valence electrons. The summed E-state index contributed by atoms with van der Waals surface area (Å²) in [5.74, 6) is 0.282. The second kappa shape index (κ2) is 3.56. The third-order valence-corrected chi connectivity index (χ3v) is 2.34. The average molecular weight is 180 g/mol. The average Bonchev–Trinajstić information content (AvgIpc) is 2.13. The molecular formula is C10H16N2O. The summed E-state index contributed by atoms with van der Waals surface area (Å²) < 4.78 is 0. The number of hydrogen-bond donors (Lipinski definition) is 2. The summed E-state index contributed by atoms with van der Waals surface area (Å²) in [6, 6.07) is 3.65. The molecule has 0 amide bonds. The normalized spacial score (nSPS) is 10.1. The monoisotopic (exact) mass is 180 g/mol. The molecule has 13 heavy (non-hydrogen) atoms. The standard InChI is InChI=1S/C10H16N2O/c1-4-12(3)9-6-5-8(11)7(2)10(9)13/h5-6,13H,4,11H2,1-3H3. The van der Waals surface area contributed by atoms with Crippen LogP contribution in [0.2, 0.25) is 0 Å². The first-order valence-corrected chi connectivity index (χ1v) is 4.37. The Morgan fingerprint density at radius 2 is 2.08 bits per heavy atom. The van der Waals surface area contributed by atoms with Gasteiger partial charge in [0.1, 0.15) is 5.75 Å². The summed E-state index contributed by atoms with van der Waals surface area (Å²) in [5.41, 5.74) is 7.86. The largest absolute Gasteiger partial charge is 0.505 e. The van der Waals surface area contributed by atoms with Crippen LogP contribution >= 0.6 is 0 Å². The first-order chi connectivity index (χ1) is 6.07. The summed E-state index contributed by atoms with van der Waals surface area (Å²) >= 11 is 0. The lowest BCUT2D eigenvalue weighted by molar-refractivity contribution is 0.471. The molecular weight excluding hydrogens is 164 g/mol. The van der Waals surface area contributed by atoms with E-state index in [1.165, 1.54) is 0 Å². The topological polar surface area (TPSA) is 49.5 Å². The maximum absolute atomic E-state index is 9.76. The van der Waals surface area contributed by atoms with Crippen molar-refractivity contribution in [1.82, 2.24) is 0 Å². The Balaban J connectivity index is 3.18. The Kier molecular flexibility index (Phi) is 2.66. The number of phenols is 1. The van der Waals surface area contributed by atoms with Crippen molar-refractivity contribution in [3.63, 3.8) is 0 Å². The zero-order chi connectivity index (χ0) is 10.0. The predicted molar refractivity (Wildman–Crippen MR) is 56.2 cm³/mol. The Hall–Kier alpha value is -1.38. The van der Waals surface area contributed by atoms with Gasteiger partial charge in [-0.25, -0.2) is 0 Å². The molecule has 1 rings (SSSR count). The fourth-order valence-electron chi connectivity index (χ4n) is 1.18. The van der Waals surface area contributed by atoms with E-state index in [1.54, 1.807) is 0 Å². The van der Waals surface area contributed by atoms with Crippen LogP contribution in [-0.2, 0) is 0 Å².